The molecule has 2 rings (SSSR count). The van der Waals surface area contributed by atoms with Crippen LogP contribution in [-0.2, 0) is 0 Å². The molecule has 0 bridgehead atoms. The molecule has 0 unspecified atom stereocenters. The molecule has 0 saturated carbocycles. The number of rotatable bonds is 2. The molecule has 86 valence electrons. The van der Waals surface area contributed by atoms with Crippen molar-refractivity contribution in [3.05, 3.63) is 51.3 Å². The van der Waals surface area contributed by atoms with Crippen LogP contribution < -0.4 is 0 Å². The van der Waals surface area contributed by atoms with Gasteiger partial charge in [0.05, 0.1) is 0 Å². The summed E-state index contributed by atoms with van der Waals surface area (Å²) in [5.41, 5.74) is 1.23. The second-order valence-electron chi connectivity index (χ2n) is 3.46. The Morgan fingerprint density at radius 2 is 1.83 bits per heavy atom. The average molecular weight is 315 g/mol. The fourth-order valence-electron chi connectivity index (χ4n) is 1.47. The van der Waals surface area contributed by atoms with E-state index in [0.717, 1.165) is 19.8 Å². The molecular formula is C14H7BrN2S. The van der Waals surface area contributed by atoms with Gasteiger partial charge in [-0.3, -0.25) is 0 Å². The number of halogens is 1. The third-order valence-electron chi connectivity index (χ3n) is 2.29. The summed E-state index contributed by atoms with van der Waals surface area (Å²) < 4.78 is 1.03. The first-order chi connectivity index (χ1) is 8.74. The van der Waals surface area contributed by atoms with Crippen LogP contribution in [0.1, 0.15) is 4.88 Å². The smallest absolute Gasteiger partial charge is 0.131 e. The molecule has 0 N–H and O–H groups in total. The van der Waals surface area contributed by atoms with Gasteiger partial charge in [-0.25, -0.2) is 0 Å². The Kier molecular flexibility index (Phi) is 3.94. The molecular weight excluding hydrogens is 308 g/mol. The Hall–Kier alpha value is -1.88. The Morgan fingerprint density at radius 3 is 2.50 bits per heavy atom. The zero-order valence-corrected chi connectivity index (χ0v) is 11.6. The van der Waals surface area contributed by atoms with Crippen molar-refractivity contribution >= 4 is 33.3 Å². The van der Waals surface area contributed by atoms with Crippen LogP contribution in [0.25, 0.3) is 16.5 Å². The number of nitrogens with zero attached hydrogens (tertiary/aromatic N) is 2. The Morgan fingerprint density at radius 1 is 1.11 bits per heavy atom. The second-order valence-corrected chi connectivity index (χ2v) is 5.43. The summed E-state index contributed by atoms with van der Waals surface area (Å²) in [6.07, 6.45) is 1.60. The van der Waals surface area contributed by atoms with Gasteiger partial charge in [0, 0.05) is 19.8 Å². The SMILES string of the molecule is N#CC(C#N)=Cc1ccc(-c2ccccc2Br)s1. The van der Waals surface area contributed by atoms with Crippen molar-refractivity contribution in [2.24, 2.45) is 0 Å². The lowest BCUT2D eigenvalue weighted by atomic mass is 10.2. The monoisotopic (exact) mass is 314 g/mol. The number of allylic oxidation sites excluding steroid dienone is 1. The molecule has 2 aromatic rings. The lowest BCUT2D eigenvalue weighted by Crippen LogP contribution is -1.72. The van der Waals surface area contributed by atoms with E-state index in [1.807, 2.05) is 48.5 Å². The number of hydrogen-bond donors (Lipinski definition) is 0. The Bertz CT molecular complexity index is 670. The van der Waals surface area contributed by atoms with Gasteiger partial charge in [0.15, 0.2) is 0 Å². The van der Waals surface area contributed by atoms with E-state index in [4.69, 9.17) is 10.5 Å². The fraction of sp³-hybridized carbons (Fsp3) is 0. The van der Waals surface area contributed by atoms with Crippen LogP contribution in [0, 0.1) is 22.7 Å². The summed E-state index contributed by atoms with van der Waals surface area (Å²) in [6.45, 7) is 0. The quantitative estimate of drug-likeness (QED) is 0.760. The summed E-state index contributed by atoms with van der Waals surface area (Å²) in [6, 6.07) is 15.6. The molecule has 0 saturated heterocycles. The third-order valence-corrected chi connectivity index (χ3v) is 4.05. The highest BCUT2D eigenvalue weighted by Crippen LogP contribution is 2.34. The first-order valence-corrected chi connectivity index (χ1v) is 6.72. The Labute approximate surface area is 118 Å². The highest BCUT2D eigenvalue weighted by Gasteiger charge is 2.05. The zero-order chi connectivity index (χ0) is 13.0. The van der Waals surface area contributed by atoms with Gasteiger partial charge in [-0.1, -0.05) is 34.1 Å². The molecule has 4 heteroatoms. The number of nitriles is 2. The van der Waals surface area contributed by atoms with Gasteiger partial charge in [-0.15, -0.1) is 11.3 Å². The maximum absolute atomic E-state index is 8.71. The largest absolute Gasteiger partial charge is 0.192 e. The van der Waals surface area contributed by atoms with E-state index in [1.54, 1.807) is 17.4 Å². The van der Waals surface area contributed by atoms with Crippen LogP contribution in [0.2, 0.25) is 0 Å². The highest BCUT2D eigenvalue weighted by atomic mass is 79.9. The van der Waals surface area contributed by atoms with E-state index < -0.39 is 0 Å². The molecule has 0 atom stereocenters. The second kappa shape index (κ2) is 5.64. The number of hydrogen-bond acceptors (Lipinski definition) is 3. The van der Waals surface area contributed by atoms with Crippen molar-refractivity contribution in [2.45, 2.75) is 0 Å². The number of thiophene rings is 1. The standard InChI is InChI=1S/C14H7BrN2S/c15-13-4-2-1-3-12(13)14-6-5-11(18-14)7-10(8-16)9-17/h1-7H. The molecule has 0 aliphatic carbocycles. The zero-order valence-electron chi connectivity index (χ0n) is 9.22. The molecule has 0 aliphatic heterocycles. The average Bonchev–Trinajstić information content (AvgIpc) is 2.85. The molecule has 1 aromatic heterocycles. The highest BCUT2D eigenvalue weighted by molar-refractivity contribution is 9.10. The van der Waals surface area contributed by atoms with Gasteiger partial charge in [0.1, 0.15) is 17.7 Å². The molecule has 0 aliphatic rings. The van der Waals surface area contributed by atoms with Gasteiger partial charge in [-0.2, -0.15) is 10.5 Å². The van der Waals surface area contributed by atoms with Gasteiger partial charge in [0.25, 0.3) is 0 Å². The van der Waals surface area contributed by atoms with E-state index in [9.17, 15) is 0 Å². The normalized spacial score (nSPS) is 9.28. The topological polar surface area (TPSA) is 47.6 Å². The van der Waals surface area contributed by atoms with Crippen LogP contribution in [-0.4, -0.2) is 0 Å². The molecule has 0 radical (unpaired) electrons. The van der Waals surface area contributed by atoms with Crippen molar-refractivity contribution < 1.29 is 0 Å². The summed E-state index contributed by atoms with van der Waals surface area (Å²) in [5, 5.41) is 17.4. The van der Waals surface area contributed by atoms with Crippen LogP contribution in [0.4, 0.5) is 0 Å². The molecule has 0 spiro atoms. The predicted octanol–water partition coefficient (Wildman–Crippen LogP) is 4.61. The van der Waals surface area contributed by atoms with Crippen LogP contribution in [0.5, 0.6) is 0 Å². The van der Waals surface area contributed by atoms with Gasteiger partial charge >= 0.3 is 0 Å². The lowest BCUT2D eigenvalue weighted by molar-refractivity contribution is 1.47. The summed E-state index contributed by atoms with van der Waals surface area (Å²) in [5.74, 6) is 0. The maximum atomic E-state index is 8.71. The van der Waals surface area contributed by atoms with Crippen molar-refractivity contribution in [2.75, 3.05) is 0 Å². The van der Waals surface area contributed by atoms with Crippen LogP contribution >= 0.6 is 27.3 Å². The molecule has 1 heterocycles. The molecule has 18 heavy (non-hydrogen) atoms. The van der Waals surface area contributed by atoms with Crippen LogP contribution in [0.15, 0.2) is 46.4 Å². The van der Waals surface area contributed by atoms with Gasteiger partial charge in [0.2, 0.25) is 0 Å². The Balaban J connectivity index is 2.39. The summed E-state index contributed by atoms with van der Waals surface area (Å²) in [7, 11) is 0. The maximum Gasteiger partial charge on any atom is 0.131 e. The predicted molar refractivity (Wildman–Crippen MR) is 76.7 cm³/mol. The summed E-state index contributed by atoms with van der Waals surface area (Å²) in [4.78, 5) is 2.00. The lowest BCUT2D eigenvalue weighted by Gasteiger charge is -1.99. The molecule has 1 aromatic carbocycles. The van der Waals surface area contributed by atoms with E-state index in [-0.39, 0.29) is 5.57 Å². The molecule has 2 nitrogen and oxygen atoms in total. The van der Waals surface area contributed by atoms with E-state index >= 15 is 0 Å². The van der Waals surface area contributed by atoms with Gasteiger partial charge < -0.3 is 0 Å². The molecule has 0 amide bonds. The fourth-order valence-corrected chi connectivity index (χ4v) is 3.09. The summed E-state index contributed by atoms with van der Waals surface area (Å²) >= 11 is 5.06. The third kappa shape index (κ3) is 2.68. The minimum atomic E-state index is 0.121. The van der Waals surface area contributed by atoms with Crippen LogP contribution in [0.3, 0.4) is 0 Å². The minimum absolute atomic E-state index is 0.121. The van der Waals surface area contributed by atoms with Crippen molar-refractivity contribution in [1.29, 1.82) is 10.5 Å². The molecule has 0 fully saturated rings. The first-order valence-electron chi connectivity index (χ1n) is 5.11. The number of benzene rings is 1. The van der Waals surface area contributed by atoms with Gasteiger partial charge in [-0.05, 0) is 24.3 Å². The minimum Gasteiger partial charge on any atom is -0.192 e. The van der Waals surface area contributed by atoms with E-state index in [2.05, 4.69) is 15.9 Å². The van der Waals surface area contributed by atoms with E-state index in [0.29, 0.717) is 0 Å². The van der Waals surface area contributed by atoms with E-state index in [1.165, 1.54) is 0 Å². The van der Waals surface area contributed by atoms with Crippen molar-refractivity contribution in [1.82, 2.24) is 0 Å². The first kappa shape index (κ1) is 12.6. The van der Waals surface area contributed by atoms with Crippen molar-refractivity contribution in [3.8, 4) is 22.6 Å². The van der Waals surface area contributed by atoms with Crippen molar-refractivity contribution in [3.63, 3.8) is 0 Å².